The molecule has 1 aromatic rings. The van der Waals surface area contributed by atoms with Crippen LogP contribution in [0.4, 0.5) is 0 Å². The van der Waals surface area contributed by atoms with Gasteiger partial charge < -0.3 is 4.57 Å². The summed E-state index contributed by atoms with van der Waals surface area (Å²) in [6.45, 7) is 3.69. The van der Waals surface area contributed by atoms with Gasteiger partial charge in [-0.3, -0.25) is 11.3 Å². The Morgan fingerprint density at radius 3 is 3.20 bits per heavy atom. The molecule has 0 saturated carbocycles. The van der Waals surface area contributed by atoms with Gasteiger partial charge in [-0.15, -0.1) is 0 Å². The van der Waals surface area contributed by atoms with Crippen LogP contribution in [0.2, 0.25) is 0 Å². The number of hydrazine groups is 1. The maximum Gasteiger partial charge on any atom is 0.0948 e. The Morgan fingerprint density at radius 2 is 2.60 bits per heavy atom. The molecule has 0 fully saturated rings. The van der Waals surface area contributed by atoms with Crippen LogP contribution in [-0.2, 0) is 13.1 Å². The van der Waals surface area contributed by atoms with E-state index in [0.717, 1.165) is 12.2 Å². The number of aromatic nitrogens is 2. The molecule has 1 rings (SSSR count). The third kappa shape index (κ3) is 1.34. The minimum Gasteiger partial charge on any atom is -0.334 e. The Kier molecular flexibility index (Phi) is 2.42. The predicted octanol–water partition coefficient (Wildman–Crippen LogP) is -0.134. The molecular formula is C6H12N4. The summed E-state index contributed by atoms with van der Waals surface area (Å²) < 4.78 is 2.04. The Hall–Kier alpha value is -0.870. The Morgan fingerprint density at radius 1 is 1.80 bits per heavy atom. The van der Waals surface area contributed by atoms with Crippen molar-refractivity contribution in [3.05, 3.63) is 18.2 Å². The molecule has 3 N–H and O–H groups in total. The molecule has 56 valence electrons. The quantitative estimate of drug-likeness (QED) is 0.454. The second kappa shape index (κ2) is 3.34. The number of hydrogen-bond acceptors (Lipinski definition) is 3. The average molecular weight is 140 g/mol. The van der Waals surface area contributed by atoms with Crippen LogP contribution in [0.3, 0.4) is 0 Å². The molecule has 0 aliphatic rings. The summed E-state index contributed by atoms with van der Waals surface area (Å²) in [4.78, 5) is 3.98. The van der Waals surface area contributed by atoms with Crippen LogP contribution in [0.25, 0.3) is 0 Å². The minimum atomic E-state index is 0.674. The Labute approximate surface area is 60.0 Å². The lowest BCUT2D eigenvalue weighted by Gasteiger charge is -2.02. The van der Waals surface area contributed by atoms with Gasteiger partial charge >= 0.3 is 0 Å². The fourth-order valence-electron chi connectivity index (χ4n) is 0.885. The van der Waals surface area contributed by atoms with E-state index in [1.54, 1.807) is 6.33 Å². The van der Waals surface area contributed by atoms with E-state index in [4.69, 9.17) is 5.84 Å². The van der Waals surface area contributed by atoms with Gasteiger partial charge in [-0.05, 0) is 6.92 Å². The number of rotatable bonds is 3. The molecular weight excluding hydrogens is 128 g/mol. The van der Waals surface area contributed by atoms with E-state index in [0.29, 0.717) is 6.54 Å². The minimum absolute atomic E-state index is 0.674. The topological polar surface area (TPSA) is 55.9 Å². The molecule has 0 aliphatic heterocycles. The maximum absolute atomic E-state index is 5.15. The lowest BCUT2D eigenvalue weighted by atomic mass is 10.4. The summed E-state index contributed by atoms with van der Waals surface area (Å²) in [7, 11) is 0. The molecule has 0 radical (unpaired) electrons. The summed E-state index contributed by atoms with van der Waals surface area (Å²) in [5, 5.41) is 0. The van der Waals surface area contributed by atoms with Crippen molar-refractivity contribution < 1.29 is 0 Å². The second-order valence-electron chi connectivity index (χ2n) is 2.05. The van der Waals surface area contributed by atoms with Crippen LogP contribution in [0, 0.1) is 0 Å². The predicted molar refractivity (Wildman–Crippen MR) is 38.9 cm³/mol. The van der Waals surface area contributed by atoms with E-state index >= 15 is 0 Å². The Balaban J connectivity index is 2.70. The smallest absolute Gasteiger partial charge is 0.0948 e. The molecule has 0 spiro atoms. The van der Waals surface area contributed by atoms with Gasteiger partial charge in [0.15, 0.2) is 0 Å². The molecule has 10 heavy (non-hydrogen) atoms. The van der Waals surface area contributed by atoms with Crippen molar-refractivity contribution in [2.75, 3.05) is 0 Å². The van der Waals surface area contributed by atoms with Gasteiger partial charge in [0.2, 0.25) is 0 Å². The third-order valence-corrected chi connectivity index (χ3v) is 1.42. The molecule has 1 aromatic heterocycles. The van der Waals surface area contributed by atoms with Gasteiger partial charge in [-0.1, -0.05) is 0 Å². The number of nitrogens with two attached hydrogens (primary N) is 1. The zero-order chi connectivity index (χ0) is 7.40. The van der Waals surface area contributed by atoms with Crippen LogP contribution >= 0.6 is 0 Å². The largest absolute Gasteiger partial charge is 0.334 e. The van der Waals surface area contributed by atoms with Gasteiger partial charge in [0.1, 0.15) is 0 Å². The summed E-state index contributed by atoms with van der Waals surface area (Å²) in [6, 6.07) is 0. The highest BCUT2D eigenvalue weighted by Gasteiger charge is 1.96. The van der Waals surface area contributed by atoms with Gasteiger partial charge in [-0.25, -0.2) is 4.98 Å². The molecule has 4 heteroatoms. The molecule has 0 aliphatic carbocycles. The van der Waals surface area contributed by atoms with Crippen molar-refractivity contribution in [1.82, 2.24) is 15.0 Å². The lowest BCUT2D eigenvalue weighted by Crippen LogP contribution is -2.22. The van der Waals surface area contributed by atoms with Crippen LogP contribution in [0.1, 0.15) is 12.6 Å². The number of hydrogen-bond donors (Lipinski definition) is 2. The molecule has 1 heterocycles. The van der Waals surface area contributed by atoms with Gasteiger partial charge in [0, 0.05) is 12.7 Å². The zero-order valence-electron chi connectivity index (χ0n) is 6.04. The average Bonchev–Trinajstić information content (AvgIpc) is 2.36. The van der Waals surface area contributed by atoms with Crippen LogP contribution in [-0.4, -0.2) is 9.55 Å². The van der Waals surface area contributed by atoms with Crippen molar-refractivity contribution in [2.45, 2.75) is 20.0 Å². The second-order valence-corrected chi connectivity index (χ2v) is 2.05. The third-order valence-electron chi connectivity index (χ3n) is 1.42. The molecule has 0 atom stereocenters. The SMILES string of the molecule is CCn1cncc1CNN. The van der Waals surface area contributed by atoms with Crippen LogP contribution < -0.4 is 11.3 Å². The van der Waals surface area contributed by atoms with Crippen LogP contribution in [0.15, 0.2) is 12.5 Å². The standard InChI is InChI=1S/C6H12N4/c1-2-10-5-8-3-6(10)4-9-7/h3,5,9H,2,4,7H2,1H3. The van der Waals surface area contributed by atoms with E-state index in [1.807, 2.05) is 10.8 Å². The molecule has 0 bridgehead atoms. The first-order valence-electron chi connectivity index (χ1n) is 3.31. The molecule has 0 amide bonds. The zero-order valence-corrected chi connectivity index (χ0v) is 6.04. The summed E-state index contributed by atoms with van der Waals surface area (Å²) in [6.07, 6.45) is 3.61. The van der Waals surface area contributed by atoms with Gasteiger partial charge in [0.25, 0.3) is 0 Å². The number of aryl methyl sites for hydroxylation is 1. The number of nitrogens with one attached hydrogen (secondary N) is 1. The fourth-order valence-corrected chi connectivity index (χ4v) is 0.885. The lowest BCUT2D eigenvalue weighted by molar-refractivity contribution is 0.649. The molecule has 0 unspecified atom stereocenters. The summed E-state index contributed by atoms with van der Waals surface area (Å²) in [5.74, 6) is 5.15. The highest BCUT2D eigenvalue weighted by molar-refractivity contribution is 4.96. The first-order chi connectivity index (χ1) is 4.88. The first kappa shape index (κ1) is 7.24. The summed E-state index contributed by atoms with van der Waals surface area (Å²) >= 11 is 0. The van der Waals surface area contributed by atoms with E-state index in [1.165, 1.54) is 0 Å². The number of imidazole rings is 1. The van der Waals surface area contributed by atoms with E-state index in [9.17, 15) is 0 Å². The van der Waals surface area contributed by atoms with Crippen molar-refractivity contribution in [3.8, 4) is 0 Å². The van der Waals surface area contributed by atoms with E-state index in [2.05, 4.69) is 17.3 Å². The van der Waals surface area contributed by atoms with Crippen LogP contribution in [0.5, 0.6) is 0 Å². The van der Waals surface area contributed by atoms with Crippen molar-refractivity contribution in [1.29, 1.82) is 0 Å². The Bertz CT molecular complexity index is 193. The normalized spacial score (nSPS) is 10.2. The highest BCUT2D eigenvalue weighted by atomic mass is 15.2. The van der Waals surface area contributed by atoms with Crippen molar-refractivity contribution in [3.63, 3.8) is 0 Å². The van der Waals surface area contributed by atoms with Crippen molar-refractivity contribution >= 4 is 0 Å². The van der Waals surface area contributed by atoms with Crippen molar-refractivity contribution in [2.24, 2.45) is 5.84 Å². The van der Waals surface area contributed by atoms with Gasteiger partial charge in [0.05, 0.1) is 18.6 Å². The first-order valence-corrected chi connectivity index (χ1v) is 3.31. The van der Waals surface area contributed by atoms with E-state index in [-0.39, 0.29) is 0 Å². The summed E-state index contributed by atoms with van der Waals surface area (Å²) in [5.41, 5.74) is 3.70. The molecule has 4 nitrogen and oxygen atoms in total. The van der Waals surface area contributed by atoms with Gasteiger partial charge in [-0.2, -0.15) is 0 Å². The molecule has 0 aromatic carbocycles. The fraction of sp³-hybridized carbons (Fsp3) is 0.500. The maximum atomic E-state index is 5.15. The number of nitrogens with zero attached hydrogens (tertiary/aromatic N) is 2. The monoisotopic (exact) mass is 140 g/mol. The highest BCUT2D eigenvalue weighted by Crippen LogP contribution is 1.96. The van der Waals surface area contributed by atoms with E-state index < -0.39 is 0 Å². The molecule has 0 saturated heterocycles.